The molecule has 1 aromatic rings. The molecule has 1 aliphatic heterocycles. The van der Waals surface area contributed by atoms with Crippen LogP contribution in [0.25, 0.3) is 6.08 Å². The maximum atomic E-state index is 12.5. The van der Waals surface area contributed by atoms with Crippen LogP contribution >= 0.6 is 24.0 Å². The molecule has 0 aliphatic carbocycles. The summed E-state index contributed by atoms with van der Waals surface area (Å²) in [6.45, 7) is 1.35. The average Bonchev–Trinajstić information content (AvgIpc) is 2.79. The average molecular weight is 352 g/mol. The van der Waals surface area contributed by atoms with E-state index in [4.69, 9.17) is 21.7 Å². The molecule has 0 N–H and O–H groups in total. The van der Waals surface area contributed by atoms with Crippen molar-refractivity contribution >= 4 is 40.3 Å². The minimum absolute atomic E-state index is 0.0632. The van der Waals surface area contributed by atoms with Gasteiger partial charge in [-0.2, -0.15) is 0 Å². The van der Waals surface area contributed by atoms with Gasteiger partial charge in [0.15, 0.2) is 0 Å². The van der Waals surface area contributed by atoms with Crippen molar-refractivity contribution < 1.29 is 14.3 Å². The minimum atomic E-state index is -0.0632. The van der Waals surface area contributed by atoms with Crippen LogP contribution in [0.15, 0.2) is 23.1 Å². The van der Waals surface area contributed by atoms with Crippen molar-refractivity contribution in [2.75, 3.05) is 41.4 Å². The number of thioether (sulfide) groups is 1. The zero-order valence-electron chi connectivity index (χ0n) is 13.7. The van der Waals surface area contributed by atoms with E-state index in [1.54, 1.807) is 25.2 Å². The van der Waals surface area contributed by atoms with Crippen molar-refractivity contribution in [1.82, 2.24) is 9.80 Å². The second kappa shape index (κ2) is 7.81. The van der Waals surface area contributed by atoms with Gasteiger partial charge in [0.2, 0.25) is 0 Å². The first-order chi connectivity index (χ1) is 11.0. The van der Waals surface area contributed by atoms with Gasteiger partial charge >= 0.3 is 0 Å². The summed E-state index contributed by atoms with van der Waals surface area (Å²) < 4.78 is 11.2. The van der Waals surface area contributed by atoms with Crippen molar-refractivity contribution in [2.45, 2.75) is 0 Å². The molecule has 0 radical (unpaired) electrons. The quantitative estimate of drug-likeness (QED) is 0.579. The van der Waals surface area contributed by atoms with Gasteiger partial charge in [0.25, 0.3) is 5.91 Å². The van der Waals surface area contributed by atoms with E-state index in [2.05, 4.69) is 0 Å². The Morgan fingerprint density at radius 3 is 2.65 bits per heavy atom. The first-order valence-electron chi connectivity index (χ1n) is 7.08. The molecule has 0 unspecified atom stereocenters. The van der Waals surface area contributed by atoms with Crippen molar-refractivity contribution in [2.24, 2.45) is 0 Å². The van der Waals surface area contributed by atoms with Crippen LogP contribution in [0.1, 0.15) is 5.56 Å². The molecule has 0 spiro atoms. The van der Waals surface area contributed by atoms with E-state index in [1.165, 1.54) is 11.8 Å². The number of thiocarbonyl (C=S) groups is 1. The highest BCUT2D eigenvalue weighted by Crippen LogP contribution is 2.35. The van der Waals surface area contributed by atoms with Gasteiger partial charge in [-0.3, -0.25) is 9.69 Å². The number of ether oxygens (including phenoxy) is 2. The molecule has 1 heterocycles. The van der Waals surface area contributed by atoms with Crippen molar-refractivity contribution in [3.63, 3.8) is 0 Å². The van der Waals surface area contributed by atoms with Crippen LogP contribution in [-0.4, -0.2) is 61.4 Å². The Labute approximate surface area is 146 Å². The second-order valence-corrected chi connectivity index (χ2v) is 6.92. The monoisotopic (exact) mass is 352 g/mol. The number of hydrogen-bond acceptors (Lipinski definition) is 6. The lowest BCUT2D eigenvalue weighted by molar-refractivity contribution is -0.122. The number of nitrogens with zero attached hydrogens (tertiary/aromatic N) is 2. The number of hydrogen-bond donors (Lipinski definition) is 0. The lowest BCUT2D eigenvalue weighted by Crippen LogP contribution is -2.34. The Morgan fingerprint density at radius 1 is 1.30 bits per heavy atom. The summed E-state index contributed by atoms with van der Waals surface area (Å²) >= 11 is 6.64. The van der Waals surface area contributed by atoms with E-state index in [0.717, 1.165) is 12.1 Å². The van der Waals surface area contributed by atoms with E-state index < -0.39 is 0 Å². The summed E-state index contributed by atoms with van der Waals surface area (Å²) in [6.07, 6.45) is 1.80. The fourth-order valence-corrected chi connectivity index (χ4v) is 3.39. The van der Waals surface area contributed by atoms with Gasteiger partial charge in [-0.25, -0.2) is 0 Å². The third-order valence-corrected chi connectivity index (χ3v) is 4.75. The van der Waals surface area contributed by atoms with Gasteiger partial charge in [0.05, 0.1) is 19.1 Å². The smallest absolute Gasteiger partial charge is 0.266 e. The highest BCUT2D eigenvalue weighted by Gasteiger charge is 2.31. The van der Waals surface area contributed by atoms with Crippen LogP contribution in [0.4, 0.5) is 0 Å². The Hall–Kier alpha value is -1.57. The highest BCUT2D eigenvalue weighted by molar-refractivity contribution is 8.26. The number of methoxy groups -OCH3 is 2. The lowest BCUT2D eigenvalue weighted by Gasteiger charge is -2.17. The van der Waals surface area contributed by atoms with Crippen LogP contribution < -0.4 is 9.47 Å². The summed E-state index contributed by atoms with van der Waals surface area (Å²) in [6, 6.07) is 5.47. The molecule has 7 heteroatoms. The van der Waals surface area contributed by atoms with E-state index in [-0.39, 0.29) is 5.91 Å². The highest BCUT2D eigenvalue weighted by atomic mass is 32.2. The van der Waals surface area contributed by atoms with E-state index in [1.807, 2.05) is 37.2 Å². The number of benzene rings is 1. The molecular formula is C16H20N2O3S2. The molecule has 1 saturated heterocycles. The molecule has 0 atom stereocenters. The maximum Gasteiger partial charge on any atom is 0.266 e. The van der Waals surface area contributed by atoms with Gasteiger partial charge in [-0.1, -0.05) is 24.0 Å². The molecule has 124 valence electrons. The van der Waals surface area contributed by atoms with Gasteiger partial charge in [0, 0.05) is 18.7 Å². The summed E-state index contributed by atoms with van der Waals surface area (Å²) in [7, 11) is 7.14. The Morgan fingerprint density at radius 2 is 2.04 bits per heavy atom. The van der Waals surface area contributed by atoms with Crippen LogP contribution in [0, 0.1) is 0 Å². The first-order valence-corrected chi connectivity index (χ1v) is 8.31. The third-order valence-electron chi connectivity index (χ3n) is 3.37. The molecule has 0 bridgehead atoms. The molecule has 1 fully saturated rings. The lowest BCUT2D eigenvalue weighted by atomic mass is 10.1. The molecule has 1 aromatic carbocycles. The Kier molecular flexibility index (Phi) is 6.04. The zero-order valence-corrected chi connectivity index (χ0v) is 15.3. The SMILES string of the molecule is COc1ccc(OC)c(/C=C2\SC(=S)N(CCN(C)C)C2=O)c1. The summed E-state index contributed by atoms with van der Waals surface area (Å²) in [5, 5.41) is 0. The number of rotatable bonds is 6. The predicted molar refractivity (Wildman–Crippen MR) is 98.0 cm³/mol. The minimum Gasteiger partial charge on any atom is -0.497 e. The molecule has 23 heavy (non-hydrogen) atoms. The summed E-state index contributed by atoms with van der Waals surface area (Å²) in [4.78, 5) is 16.8. The van der Waals surface area contributed by atoms with E-state index >= 15 is 0 Å². The number of carbonyl (C=O) groups excluding carboxylic acids is 1. The predicted octanol–water partition coefficient (Wildman–Crippen LogP) is 2.47. The molecular weight excluding hydrogens is 332 g/mol. The van der Waals surface area contributed by atoms with Gasteiger partial charge in [0.1, 0.15) is 15.8 Å². The van der Waals surface area contributed by atoms with Crippen molar-refractivity contribution in [3.05, 3.63) is 28.7 Å². The fourth-order valence-electron chi connectivity index (χ4n) is 2.09. The number of amides is 1. The topological polar surface area (TPSA) is 42.0 Å². The molecule has 5 nitrogen and oxygen atoms in total. The second-order valence-electron chi connectivity index (χ2n) is 5.24. The Bertz CT molecular complexity index is 644. The Balaban J connectivity index is 2.26. The molecule has 2 rings (SSSR count). The van der Waals surface area contributed by atoms with Crippen LogP contribution in [-0.2, 0) is 4.79 Å². The summed E-state index contributed by atoms with van der Waals surface area (Å²) in [5.41, 5.74) is 0.792. The van der Waals surface area contributed by atoms with Crippen LogP contribution in [0.5, 0.6) is 11.5 Å². The van der Waals surface area contributed by atoms with Crippen molar-refractivity contribution in [1.29, 1.82) is 0 Å². The molecule has 0 aromatic heterocycles. The van der Waals surface area contributed by atoms with Crippen LogP contribution in [0.2, 0.25) is 0 Å². The third kappa shape index (κ3) is 4.25. The zero-order chi connectivity index (χ0) is 17.0. The van der Waals surface area contributed by atoms with Gasteiger partial charge < -0.3 is 14.4 Å². The standard InChI is InChI=1S/C16H20N2O3S2/c1-17(2)7-8-18-15(19)14(23-16(18)22)10-11-9-12(20-3)5-6-13(11)21-4/h5-6,9-10H,7-8H2,1-4H3/b14-10-. The van der Waals surface area contributed by atoms with E-state index in [9.17, 15) is 4.79 Å². The maximum absolute atomic E-state index is 12.5. The molecule has 1 amide bonds. The fraction of sp³-hybridized carbons (Fsp3) is 0.375. The van der Waals surface area contributed by atoms with Crippen LogP contribution in [0.3, 0.4) is 0 Å². The summed E-state index contributed by atoms with van der Waals surface area (Å²) in [5.74, 6) is 1.33. The first kappa shape index (κ1) is 17.8. The number of carbonyl (C=O) groups is 1. The van der Waals surface area contributed by atoms with Crippen molar-refractivity contribution in [3.8, 4) is 11.5 Å². The molecule has 1 aliphatic rings. The van der Waals surface area contributed by atoms with Gasteiger partial charge in [-0.05, 0) is 38.4 Å². The molecule has 0 saturated carbocycles. The van der Waals surface area contributed by atoms with Gasteiger partial charge in [-0.15, -0.1) is 0 Å². The largest absolute Gasteiger partial charge is 0.497 e. The number of likely N-dealkylation sites (N-methyl/N-ethyl adjacent to an activating group) is 1. The normalized spacial score (nSPS) is 16.6. The van der Waals surface area contributed by atoms with E-state index in [0.29, 0.717) is 27.3 Å².